The van der Waals surface area contributed by atoms with E-state index in [0.29, 0.717) is 26.3 Å². The van der Waals surface area contributed by atoms with Gasteiger partial charge in [0.05, 0.1) is 13.2 Å². The van der Waals surface area contributed by atoms with Crippen LogP contribution in [0.15, 0.2) is 0 Å². The van der Waals surface area contributed by atoms with E-state index >= 15 is 0 Å². The van der Waals surface area contributed by atoms with E-state index in [9.17, 15) is 9.59 Å². The van der Waals surface area contributed by atoms with Crippen LogP contribution in [0.4, 0.5) is 0 Å². The van der Waals surface area contributed by atoms with E-state index in [4.69, 9.17) is 9.47 Å². The second-order valence-electron chi connectivity index (χ2n) is 4.84. The molecule has 0 spiro atoms. The van der Waals surface area contributed by atoms with Crippen LogP contribution in [0.5, 0.6) is 0 Å². The average molecular weight is 228 g/mol. The van der Waals surface area contributed by atoms with E-state index in [2.05, 4.69) is 10.6 Å². The van der Waals surface area contributed by atoms with Crippen LogP contribution in [0.25, 0.3) is 0 Å². The quantitative estimate of drug-likeness (QED) is 0.467. The molecule has 16 heavy (non-hydrogen) atoms. The smallest absolute Gasteiger partial charge is 0.309 e. The van der Waals surface area contributed by atoms with Crippen LogP contribution in [-0.2, 0) is 19.1 Å². The van der Waals surface area contributed by atoms with Crippen molar-refractivity contribution in [3.63, 3.8) is 0 Å². The van der Waals surface area contributed by atoms with Gasteiger partial charge in [-0.15, -0.1) is 0 Å². The molecule has 0 bridgehead atoms. The zero-order chi connectivity index (χ0) is 11.8. The first-order valence-electron chi connectivity index (χ1n) is 5.27. The molecule has 0 aromatic carbocycles. The Bertz CT molecular complexity index is 289. The Morgan fingerprint density at radius 1 is 1.00 bits per heavy atom. The first-order chi connectivity index (χ1) is 7.43. The molecule has 2 heterocycles. The minimum atomic E-state index is -0.624. The SMILES string of the molecule is C[C@]1(CNC(=O)C(=O)NC[C@@]2(C)CO2)CO1. The molecule has 2 fully saturated rings. The standard InChI is InChI=1S/C10H16N2O4/c1-9(5-15-9)3-11-7(13)8(14)12-4-10(2)6-16-10/h3-6H2,1-2H3,(H,11,13)(H,12,14)/t9-,10-/m0/s1. The third-order valence-electron chi connectivity index (χ3n) is 2.73. The topological polar surface area (TPSA) is 83.3 Å². The lowest BCUT2D eigenvalue weighted by atomic mass is 10.2. The van der Waals surface area contributed by atoms with E-state index in [0.717, 1.165) is 0 Å². The maximum absolute atomic E-state index is 11.3. The molecular formula is C10H16N2O4. The highest BCUT2D eigenvalue weighted by Crippen LogP contribution is 2.24. The molecule has 0 aromatic rings. The lowest BCUT2D eigenvalue weighted by molar-refractivity contribution is -0.139. The van der Waals surface area contributed by atoms with Crippen LogP contribution >= 0.6 is 0 Å². The second kappa shape index (κ2) is 3.71. The molecule has 2 aliphatic rings. The number of nitrogens with one attached hydrogen (secondary N) is 2. The Labute approximate surface area is 93.7 Å². The molecule has 6 heteroatoms. The molecule has 2 N–H and O–H groups in total. The van der Waals surface area contributed by atoms with Crippen molar-refractivity contribution >= 4 is 11.8 Å². The van der Waals surface area contributed by atoms with E-state index in [1.165, 1.54) is 0 Å². The molecule has 0 radical (unpaired) electrons. The molecule has 0 unspecified atom stereocenters. The van der Waals surface area contributed by atoms with E-state index < -0.39 is 11.8 Å². The Kier molecular flexibility index (Phi) is 2.63. The summed E-state index contributed by atoms with van der Waals surface area (Å²) in [7, 11) is 0. The van der Waals surface area contributed by atoms with Gasteiger partial charge in [-0.3, -0.25) is 9.59 Å². The fraction of sp³-hybridized carbons (Fsp3) is 0.800. The van der Waals surface area contributed by atoms with Crippen LogP contribution in [-0.4, -0.2) is 49.3 Å². The van der Waals surface area contributed by atoms with Crippen molar-refractivity contribution in [1.82, 2.24) is 10.6 Å². The Hall–Kier alpha value is -1.14. The lowest BCUT2D eigenvalue weighted by Crippen LogP contribution is -2.45. The molecule has 2 aliphatic heterocycles. The van der Waals surface area contributed by atoms with E-state index in [1.54, 1.807) is 0 Å². The summed E-state index contributed by atoms with van der Waals surface area (Å²) in [6.45, 7) is 5.75. The predicted octanol–water partition coefficient (Wildman–Crippen LogP) is -1.20. The van der Waals surface area contributed by atoms with Gasteiger partial charge >= 0.3 is 11.8 Å². The van der Waals surface area contributed by atoms with Crippen LogP contribution in [0.2, 0.25) is 0 Å². The van der Waals surface area contributed by atoms with Crippen molar-refractivity contribution in [3.05, 3.63) is 0 Å². The Morgan fingerprint density at radius 3 is 1.56 bits per heavy atom. The maximum atomic E-state index is 11.3. The van der Waals surface area contributed by atoms with Crippen LogP contribution in [0.1, 0.15) is 13.8 Å². The number of carbonyl (C=O) groups excluding carboxylic acids is 2. The number of ether oxygens (including phenoxy) is 2. The fourth-order valence-electron chi connectivity index (χ4n) is 1.15. The summed E-state index contributed by atoms with van der Waals surface area (Å²) in [5.74, 6) is -1.25. The van der Waals surface area contributed by atoms with Crippen molar-refractivity contribution in [2.24, 2.45) is 0 Å². The van der Waals surface area contributed by atoms with Gasteiger partial charge in [0.25, 0.3) is 0 Å². The van der Waals surface area contributed by atoms with E-state index in [-0.39, 0.29) is 11.2 Å². The summed E-state index contributed by atoms with van der Waals surface area (Å²) in [6.07, 6.45) is 0. The number of hydrogen-bond acceptors (Lipinski definition) is 4. The van der Waals surface area contributed by atoms with Crippen molar-refractivity contribution in [3.8, 4) is 0 Å². The minimum absolute atomic E-state index is 0.276. The van der Waals surface area contributed by atoms with Crippen LogP contribution in [0, 0.1) is 0 Å². The van der Waals surface area contributed by atoms with Crippen LogP contribution < -0.4 is 10.6 Å². The highest BCUT2D eigenvalue weighted by atomic mass is 16.6. The van der Waals surface area contributed by atoms with Gasteiger partial charge in [0.15, 0.2) is 0 Å². The van der Waals surface area contributed by atoms with Crippen molar-refractivity contribution in [1.29, 1.82) is 0 Å². The third-order valence-corrected chi connectivity index (χ3v) is 2.73. The van der Waals surface area contributed by atoms with Gasteiger partial charge in [0.2, 0.25) is 0 Å². The molecule has 6 nitrogen and oxygen atoms in total. The minimum Gasteiger partial charge on any atom is -0.368 e. The molecule has 2 rings (SSSR count). The molecule has 0 saturated carbocycles. The maximum Gasteiger partial charge on any atom is 0.309 e. The molecule has 2 atom stereocenters. The average Bonchev–Trinajstić information content (AvgIpc) is 3.14. The number of rotatable bonds is 4. The molecule has 0 aromatic heterocycles. The number of amides is 2. The van der Waals surface area contributed by atoms with Gasteiger partial charge < -0.3 is 20.1 Å². The zero-order valence-corrected chi connectivity index (χ0v) is 9.46. The van der Waals surface area contributed by atoms with Gasteiger partial charge in [-0.05, 0) is 13.8 Å². The summed E-state index contributed by atoms with van der Waals surface area (Å²) in [5, 5.41) is 5.05. The molecule has 2 amide bonds. The van der Waals surface area contributed by atoms with Gasteiger partial charge in [0, 0.05) is 13.1 Å². The largest absolute Gasteiger partial charge is 0.368 e. The van der Waals surface area contributed by atoms with Gasteiger partial charge in [-0.1, -0.05) is 0 Å². The van der Waals surface area contributed by atoms with Gasteiger partial charge in [0.1, 0.15) is 11.2 Å². The number of carbonyl (C=O) groups is 2. The second-order valence-corrected chi connectivity index (χ2v) is 4.84. The number of epoxide rings is 2. The molecular weight excluding hydrogens is 212 g/mol. The monoisotopic (exact) mass is 228 g/mol. The molecule has 2 saturated heterocycles. The summed E-state index contributed by atoms with van der Waals surface area (Å²) in [5.41, 5.74) is -0.553. The first kappa shape index (κ1) is 11.3. The highest BCUT2D eigenvalue weighted by Gasteiger charge is 2.41. The normalized spacial score (nSPS) is 35.4. The van der Waals surface area contributed by atoms with Crippen LogP contribution in [0.3, 0.4) is 0 Å². The van der Waals surface area contributed by atoms with Gasteiger partial charge in [-0.25, -0.2) is 0 Å². The van der Waals surface area contributed by atoms with Crippen molar-refractivity contribution in [2.45, 2.75) is 25.0 Å². The third kappa shape index (κ3) is 2.93. The Morgan fingerprint density at radius 2 is 1.31 bits per heavy atom. The summed E-state index contributed by atoms with van der Waals surface area (Å²) in [6, 6.07) is 0. The van der Waals surface area contributed by atoms with Gasteiger partial charge in [-0.2, -0.15) is 0 Å². The Balaban J connectivity index is 1.65. The fourth-order valence-corrected chi connectivity index (χ4v) is 1.15. The zero-order valence-electron chi connectivity index (χ0n) is 9.46. The predicted molar refractivity (Wildman–Crippen MR) is 54.7 cm³/mol. The number of hydrogen-bond donors (Lipinski definition) is 2. The van der Waals surface area contributed by atoms with E-state index in [1.807, 2.05) is 13.8 Å². The summed E-state index contributed by atoms with van der Waals surface area (Å²) < 4.78 is 10.2. The van der Waals surface area contributed by atoms with Crippen molar-refractivity contribution in [2.75, 3.05) is 26.3 Å². The summed E-state index contributed by atoms with van der Waals surface area (Å²) in [4.78, 5) is 22.7. The highest BCUT2D eigenvalue weighted by molar-refractivity contribution is 6.35. The van der Waals surface area contributed by atoms with Crippen molar-refractivity contribution < 1.29 is 19.1 Å². The lowest BCUT2D eigenvalue weighted by Gasteiger charge is -2.09. The summed E-state index contributed by atoms with van der Waals surface area (Å²) >= 11 is 0. The molecule has 0 aliphatic carbocycles. The first-order valence-corrected chi connectivity index (χ1v) is 5.27. The molecule has 90 valence electrons.